The first kappa shape index (κ1) is 9.31. The summed E-state index contributed by atoms with van der Waals surface area (Å²) in [7, 11) is -0.335. The van der Waals surface area contributed by atoms with Gasteiger partial charge in [0.15, 0.2) is 0 Å². The van der Waals surface area contributed by atoms with Gasteiger partial charge in [0.25, 0.3) is 0 Å². The standard InChI is InChI=1S/C10H22Si/c1-4-10(2,3)11-8-6-5-7-9-11/h11H,4-9H2,1-3H3. The van der Waals surface area contributed by atoms with E-state index >= 15 is 0 Å². The maximum Gasteiger partial charge on any atom is 0.0425 e. The molecule has 0 atom stereocenters. The van der Waals surface area contributed by atoms with Crippen molar-refractivity contribution in [2.75, 3.05) is 0 Å². The molecule has 11 heavy (non-hydrogen) atoms. The van der Waals surface area contributed by atoms with E-state index in [1.807, 2.05) is 0 Å². The molecule has 0 N–H and O–H groups in total. The van der Waals surface area contributed by atoms with Crippen molar-refractivity contribution in [2.24, 2.45) is 0 Å². The van der Waals surface area contributed by atoms with Crippen molar-refractivity contribution < 1.29 is 0 Å². The largest absolute Gasteiger partial charge is 0.0652 e. The van der Waals surface area contributed by atoms with Gasteiger partial charge >= 0.3 is 0 Å². The van der Waals surface area contributed by atoms with Crippen LogP contribution in [0.15, 0.2) is 0 Å². The lowest BCUT2D eigenvalue weighted by Crippen LogP contribution is -2.29. The first-order valence-electron chi connectivity index (χ1n) is 5.17. The Kier molecular flexibility index (Phi) is 3.17. The highest BCUT2D eigenvalue weighted by Gasteiger charge is 2.29. The van der Waals surface area contributed by atoms with Crippen molar-refractivity contribution in [1.82, 2.24) is 0 Å². The molecule has 66 valence electrons. The molecular formula is C10H22Si. The van der Waals surface area contributed by atoms with Gasteiger partial charge in [0.05, 0.1) is 0 Å². The molecule has 1 aliphatic rings. The van der Waals surface area contributed by atoms with Crippen LogP contribution in [0.1, 0.15) is 46.5 Å². The van der Waals surface area contributed by atoms with E-state index < -0.39 is 0 Å². The third-order valence-corrected chi connectivity index (χ3v) is 8.45. The fourth-order valence-corrected chi connectivity index (χ4v) is 6.16. The summed E-state index contributed by atoms with van der Waals surface area (Å²) in [6, 6.07) is 3.25. The molecule has 0 bridgehead atoms. The van der Waals surface area contributed by atoms with Crippen LogP contribution in [-0.2, 0) is 0 Å². The lowest BCUT2D eigenvalue weighted by molar-refractivity contribution is 0.595. The van der Waals surface area contributed by atoms with Crippen LogP contribution in [0.2, 0.25) is 17.1 Å². The van der Waals surface area contributed by atoms with E-state index in [2.05, 4.69) is 20.8 Å². The van der Waals surface area contributed by atoms with Crippen LogP contribution < -0.4 is 0 Å². The first-order valence-corrected chi connectivity index (χ1v) is 7.38. The predicted molar refractivity (Wildman–Crippen MR) is 54.9 cm³/mol. The average molecular weight is 170 g/mol. The van der Waals surface area contributed by atoms with Gasteiger partial charge in [0, 0.05) is 8.80 Å². The molecule has 0 aliphatic carbocycles. The molecule has 0 amide bonds. The van der Waals surface area contributed by atoms with E-state index in [1.165, 1.54) is 12.8 Å². The van der Waals surface area contributed by atoms with Crippen LogP contribution in [-0.4, -0.2) is 8.80 Å². The van der Waals surface area contributed by atoms with Crippen LogP contribution in [0.4, 0.5) is 0 Å². The van der Waals surface area contributed by atoms with Gasteiger partial charge in [0.1, 0.15) is 0 Å². The summed E-state index contributed by atoms with van der Waals surface area (Å²) >= 11 is 0. The molecule has 0 aromatic rings. The van der Waals surface area contributed by atoms with Crippen molar-refractivity contribution in [3.63, 3.8) is 0 Å². The van der Waals surface area contributed by atoms with Crippen LogP contribution in [0.3, 0.4) is 0 Å². The summed E-state index contributed by atoms with van der Waals surface area (Å²) in [6.45, 7) is 7.35. The SMILES string of the molecule is CCC(C)(C)[SiH]1CCCCC1. The molecule has 1 fully saturated rings. The smallest absolute Gasteiger partial charge is 0.0425 e. The quantitative estimate of drug-likeness (QED) is 0.556. The Morgan fingerprint density at radius 3 is 2.09 bits per heavy atom. The molecule has 0 unspecified atom stereocenters. The molecule has 0 radical (unpaired) electrons. The lowest BCUT2D eigenvalue weighted by Gasteiger charge is -2.35. The van der Waals surface area contributed by atoms with Crippen molar-refractivity contribution in [1.29, 1.82) is 0 Å². The van der Waals surface area contributed by atoms with Crippen molar-refractivity contribution >= 4 is 8.80 Å². The maximum atomic E-state index is 2.50. The highest BCUT2D eigenvalue weighted by Crippen LogP contribution is 2.39. The normalized spacial score (nSPS) is 22.1. The third-order valence-electron chi connectivity index (χ3n) is 3.62. The van der Waals surface area contributed by atoms with Crippen LogP contribution in [0.25, 0.3) is 0 Å². The number of rotatable bonds is 2. The van der Waals surface area contributed by atoms with E-state index in [0.717, 1.165) is 5.04 Å². The number of hydrogen-bond donors (Lipinski definition) is 0. The minimum atomic E-state index is -0.335. The van der Waals surface area contributed by atoms with E-state index in [4.69, 9.17) is 0 Å². The van der Waals surface area contributed by atoms with Gasteiger partial charge < -0.3 is 0 Å². The summed E-state index contributed by atoms with van der Waals surface area (Å²) < 4.78 is 0. The Hall–Kier alpha value is 0.217. The zero-order valence-electron chi connectivity index (χ0n) is 8.32. The van der Waals surface area contributed by atoms with Gasteiger partial charge in [-0.1, -0.05) is 58.5 Å². The molecule has 0 aromatic carbocycles. The molecule has 0 nitrogen and oxygen atoms in total. The second-order valence-electron chi connectivity index (χ2n) is 4.68. The van der Waals surface area contributed by atoms with Gasteiger partial charge in [-0.25, -0.2) is 0 Å². The van der Waals surface area contributed by atoms with Gasteiger partial charge in [-0.3, -0.25) is 0 Å². The molecule has 0 saturated carbocycles. The van der Waals surface area contributed by atoms with Crippen LogP contribution in [0, 0.1) is 0 Å². The fourth-order valence-electron chi connectivity index (χ4n) is 2.17. The minimum Gasteiger partial charge on any atom is -0.0652 e. The molecule has 1 saturated heterocycles. The topological polar surface area (TPSA) is 0 Å². The highest BCUT2D eigenvalue weighted by atomic mass is 28.3. The van der Waals surface area contributed by atoms with Gasteiger partial charge in [0.2, 0.25) is 0 Å². The molecule has 1 heterocycles. The Bertz CT molecular complexity index is 112. The Morgan fingerprint density at radius 2 is 1.64 bits per heavy atom. The van der Waals surface area contributed by atoms with Gasteiger partial charge in [-0.05, 0) is 5.04 Å². The van der Waals surface area contributed by atoms with Crippen molar-refractivity contribution in [2.45, 2.75) is 63.6 Å². The highest BCUT2D eigenvalue weighted by molar-refractivity contribution is 6.62. The third kappa shape index (κ3) is 2.33. The molecular weight excluding hydrogens is 148 g/mol. The summed E-state index contributed by atoms with van der Waals surface area (Å²) in [5, 5.41) is 0.750. The summed E-state index contributed by atoms with van der Waals surface area (Å²) in [5.41, 5.74) is 0. The zero-order valence-corrected chi connectivity index (χ0v) is 9.47. The van der Waals surface area contributed by atoms with E-state index in [0.29, 0.717) is 0 Å². The molecule has 0 spiro atoms. The van der Waals surface area contributed by atoms with E-state index in [-0.39, 0.29) is 8.80 Å². The van der Waals surface area contributed by atoms with E-state index in [9.17, 15) is 0 Å². The second-order valence-corrected chi connectivity index (χ2v) is 8.79. The monoisotopic (exact) mass is 170 g/mol. The molecule has 1 aliphatic heterocycles. The van der Waals surface area contributed by atoms with Crippen LogP contribution >= 0.6 is 0 Å². The molecule has 1 rings (SSSR count). The zero-order chi connectivity index (χ0) is 8.32. The summed E-state index contributed by atoms with van der Waals surface area (Å²) in [5.74, 6) is 0. The van der Waals surface area contributed by atoms with Crippen molar-refractivity contribution in [3.8, 4) is 0 Å². The first-order chi connectivity index (χ1) is 5.17. The van der Waals surface area contributed by atoms with E-state index in [1.54, 1.807) is 24.9 Å². The summed E-state index contributed by atoms with van der Waals surface area (Å²) in [4.78, 5) is 0. The fraction of sp³-hybridized carbons (Fsp3) is 1.00. The van der Waals surface area contributed by atoms with Crippen molar-refractivity contribution in [3.05, 3.63) is 0 Å². The van der Waals surface area contributed by atoms with Gasteiger partial charge in [-0.2, -0.15) is 0 Å². The average Bonchev–Trinajstić information content (AvgIpc) is 2.06. The summed E-state index contributed by atoms with van der Waals surface area (Å²) in [6.07, 6.45) is 6.01. The Morgan fingerprint density at radius 1 is 1.09 bits per heavy atom. The lowest BCUT2D eigenvalue weighted by atomic mass is 10.1. The van der Waals surface area contributed by atoms with Gasteiger partial charge in [-0.15, -0.1) is 0 Å². The number of hydrogen-bond acceptors (Lipinski definition) is 0. The minimum absolute atomic E-state index is 0.335. The molecule has 0 aromatic heterocycles. The Balaban J connectivity index is 2.43. The maximum absolute atomic E-state index is 2.50. The Labute approximate surface area is 73.0 Å². The predicted octanol–water partition coefficient (Wildman–Crippen LogP) is 3.59. The second kappa shape index (κ2) is 3.75. The van der Waals surface area contributed by atoms with Crippen LogP contribution in [0.5, 0.6) is 0 Å². The molecule has 1 heteroatoms.